The van der Waals surface area contributed by atoms with Crippen molar-refractivity contribution in [1.82, 2.24) is 15.1 Å². The molecule has 9 heteroatoms. The number of hydrogen-bond donors (Lipinski definition) is 2. The Balaban J connectivity index is 1.41. The topological polar surface area (TPSA) is 120 Å². The molecule has 1 aliphatic rings. The molecule has 3 N–H and O–H groups in total. The van der Waals surface area contributed by atoms with E-state index in [4.69, 9.17) is 14.7 Å². The number of amides is 1. The molecule has 0 unspecified atom stereocenters. The van der Waals surface area contributed by atoms with Crippen molar-refractivity contribution < 1.29 is 13.7 Å². The minimum atomic E-state index is -0.439. The van der Waals surface area contributed by atoms with Gasteiger partial charge in [0.15, 0.2) is 11.0 Å². The van der Waals surface area contributed by atoms with Gasteiger partial charge in [-0.05, 0) is 32.3 Å². The summed E-state index contributed by atoms with van der Waals surface area (Å²) in [7, 11) is 0. The number of carbonyl (C=O) groups excluding carboxylic acids is 1. The predicted octanol–water partition coefficient (Wildman–Crippen LogP) is 2.61. The maximum absolute atomic E-state index is 12.2. The molecule has 0 saturated heterocycles. The lowest BCUT2D eigenvalue weighted by molar-refractivity contribution is 0.102. The molecule has 1 saturated carbocycles. The van der Waals surface area contributed by atoms with E-state index in [-0.39, 0.29) is 5.91 Å². The number of furan rings is 1. The second kappa shape index (κ2) is 6.08. The number of nitrogens with one attached hydrogen (secondary N) is 1. The van der Waals surface area contributed by atoms with Crippen molar-refractivity contribution in [3.8, 4) is 0 Å². The van der Waals surface area contributed by atoms with Crippen LogP contribution < -0.4 is 11.1 Å². The maximum Gasteiger partial charge on any atom is 0.260 e. The molecule has 0 bridgehead atoms. The number of thiazole rings is 1. The van der Waals surface area contributed by atoms with E-state index < -0.39 is 5.54 Å². The number of hydrogen-bond acceptors (Lipinski definition) is 8. The van der Waals surface area contributed by atoms with Gasteiger partial charge in [-0.3, -0.25) is 10.1 Å². The highest BCUT2D eigenvalue weighted by Crippen LogP contribution is 2.37. The summed E-state index contributed by atoms with van der Waals surface area (Å²) < 4.78 is 10.4. The Morgan fingerprint density at radius 1 is 1.44 bits per heavy atom. The van der Waals surface area contributed by atoms with Gasteiger partial charge >= 0.3 is 0 Å². The van der Waals surface area contributed by atoms with Crippen molar-refractivity contribution in [3.05, 3.63) is 46.4 Å². The van der Waals surface area contributed by atoms with Crippen LogP contribution in [0.2, 0.25) is 0 Å². The zero-order valence-corrected chi connectivity index (χ0v) is 14.4. The number of aryl methyl sites for hydroxylation is 1. The predicted molar refractivity (Wildman–Crippen MR) is 90.3 cm³/mol. The highest BCUT2D eigenvalue weighted by Gasteiger charge is 2.39. The van der Waals surface area contributed by atoms with Gasteiger partial charge in [0.25, 0.3) is 5.91 Å². The van der Waals surface area contributed by atoms with Crippen LogP contribution in [0, 0.1) is 6.92 Å². The zero-order valence-electron chi connectivity index (χ0n) is 13.6. The second-order valence-electron chi connectivity index (χ2n) is 6.19. The Morgan fingerprint density at radius 3 is 2.96 bits per heavy atom. The Bertz CT molecular complexity index is 908. The van der Waals surface area contributed by atoms with E-state index in [2.05, 4.69) is 20.4 Å². The molecule has 130 valence electrons. The van der Waals surface area contributed by atoms with E-state index in [9.17, 15) is 4.79 Å². The van der Waals surface area contributed by atoms with E-state index in [0.29, 0.717) is 34.6 Å². The lowest BCUT2D eigenvalue weighted by atomic mass is 9.77. The second-order valence-corrected chi connectivity index (χ2v) is 7.04. The summed E-state index contributed by atoms with van der Waals surface area (Å²) in [4.78, 5) is 20.9. The average molecular weight is 359 g/mol. The van der Waals surface area contributed by atoms with Gasteiger partial charge in [0.2, 0.25) is 5.89 Å². The molecule has 8 nitrogen and oxygen atoms in total. The van der Waals surface area contributed by atoms with Gasteiger partial charge in [-0.1, -0.05) is 5.16 Å². The van der Waals surface area contributed by atoms with E-state index >= 15 is 0 Å². The summed E-state index contributed by atoms with van der Waals surface area (Å²) in [6.07, 6.45) is 4.74. The van der Waals surface area contributed by atoms with Crippen molar-refractivity contribution in [3.63, 3.8) is 0 Å². The molecule has 0 atom stereocenters. The first-order valence-corrected chi connectivity index (χ1v) is 8.83. The summed E-state index contributed by atoms with van der Waals surface area (Å²) in [6.45, 7) is 1.74. The summed E-state index contributed by atoms with van der Waals surface area (Å²) in [5.41, 5.74) is 7.00. The normalized spacial score (nSPS) is 15.8. The Labute approximate surface area is 147 Å². The number of nitrogens with two attached hydrogens (primary N) is 1. The van der Waals surface area contributed by atoms with Crippen LogP contribution in [0.15, 0.2) is 26.6 Å². The minimum absolute atomic E-state index is 0.248. The molecular weight excluding hydrogens is 342 g/mol. The van der Waals surface area contributed by atoms with Crippen molar-refractivity contribution in [2.75, 3.05) is 5.32 Å². The van der Waals surface area contributed by atoms with Gasteiger partial charge in [-0.25, -0.2) is 4.98 Å². The molecule has 0 aliphatic heterocycles. The molecule has 0 spiro atoms. The number of carbonyl (C=O) groups is 1. The van der Waals surface area contributed by atoms with Crippen LogP contribution in [0.25, 0.3) is 0 Å². The Hall–Kier alpha value is -2.52. The van der Waals surface area contributed by atoms with Gasteiger partial charge in [-0.15, -0.1) is 11.3 Å². The lowest BCUT2D eigenvalue weighted by Crippen LogP contribution is -2.44. The number of anilines is 1. The van der Waals surface area contributed by atoms with Gasteiger partial charge in [0.05, 0.1) is 29.5 Å². The SMILES string of the molecule is Cc1occc1C(=O)Nc1nc(Cc2nc(C3(N)CCC3)no2)cs1. The van der Waals surface area contributed by atoms with Crippen molar-refractivity contribution in [2.24, 2.45) is 5.73 Å². The molecule has 3 aromatic heterocycles. The summed E-state index contributed by atoms with van der Waals surface area (Å²) in [5, 5.41) is 9.11. The van der Waals surface area contributed by atoms with Crippen LogP contribution in [-0.4, -0.2) is 21.0 Å². The first-order valence-electron chi connectivity index (χ1n) is 7.95. The van der Waals surface area contributed by atoms with Gasteiger partial charge in [0, 0.05) is 5.38 Å². The Morgan fingerprint density at radius 2 is 2.28 bits per heavy atom. The molecule has 1 aliphatic carbocycles. The standard InChI is InChI=1S/C16H17N5O3S/c1-9-11(3-6-23-9)13(22)20-15-18-10(8-25-15)7-12-19-14(21-24-12)16(17)4-2-5-16/h3,6,8H,2,4-5,7,17H2,1H3,(H,18,20,22). The van der Waals surface area contributed by atoms with Crippen molar-refractivity contribution in [2.45, 2.75) is 38.1 Å². The van der Waals surface area contributed by atoms with E-state index in [1.165, 1.54) is 17.6 Å². The fourth-order valence-corrected chi connectivity index (χ4v) is 3.40. The molecule has 4 rings (SSSR count). The largest absolute Gasteiger partial charge is 0.469 e. The fraction of sp³-hybridized carbons (Fsp3) is 0.375. The van der Waals surface area contributed by atoms with Crippen LogP contribution in [0.5, 0.6) is 0 Å². The molecule has 25 heavy (non-hydrogen) atoms. The monoisotopic (exact) mass is 359 g/mol. The molecule has 0 radical (unpaired) electrons. The van der Waals surface area contributed by atoms with E-state index in [1.54, 1.807) is 13.0 Å². The van der Waals surface area contributed by atoms with Crippen LogP contribution in [0.4, 0.5) is 5.13 Å². The Kier molecular flexibility index (Phi) is 3.89. The number of rotatable bonds is 5. The third kappa shape index (κ3) is 3.08. The number of aromatic nitrogens is 3. The average Bonchev–Trinajstić information content (AvgIpc) is 3.27. The summed E-state index contributed by atoms with van der Waals surface area (Å²) >= 11 is 1.34. The minimum Gasteiger partial charge on any atom is -0.469 e. The first-order chi connectivity index (χ1) is 12.0. The molecule has 0 aromatic carbocycles. The van der Waals surface area contributed by atoms with Crippen molar-refractivity contribution >= 4 is 22.4 Å². The van der Waals surface area contributed by atoms with Crippen LogP contribution in [-0.2, 0) is 12.0 Å². The summed E-state index contributed by atoms with van der Waals surface area (Å²) in [5.74, 6) is 1.36. The molecule has 1 fully saturated rings. The van der Waals surface area contributed by atoms with Crippen LogP contribution in [0.3, 0.4) is 0 Å². The number of nitrogens with zero attached hydrogens (tertiary/aromatic N) is 3. The highest BCUT2D eigenvalue weighted by atomic mass is 32.1. The third-order valence-electron chi connectivity index (χ3n) is 4.37. The lowest BCUT2D eigenvalue weighted by Gasteiger charge is -2.34. The van der Waals surface area contributed by atoms with Crippen molar-refractivity contribution in [1.29, 1.82) is 0 Å². The zero-order chi connectivity index (χ0) is 17.4. The van der Waals surface area contributed by atoms with E-state index in [0.717, 1.165) is 25.0 Å². The van der Waals surface area contributed by atoms with Gasteiger partial charge in [0.1, 0.15) is 5.76 Å². The smallest absolute Gasteiger partial charge is 0.260 e. The summed E-state index contributed by atoms with van der Waals surface area (Å²) in [6, 6.07) is 1.63. The molecule has 1 amide bonds. The fourth-order valence-electron chi connectivity index (χ4n) is 2.70. The van der Waals surface area contributed by atoms with Gasteiger partial charge < -0.3 is 14.7 Å². The maximum atomic E-state index is 12.2. The van der Waals surface area contributed by atoms with Crippen LogP contribution in [0.1, 0.15) is 52.8 Å². The van der Waals surface area contributed by atoms with Crippen LogP contribution >= 0.6 is 11.3 Å². The van der Waals surface area contributed by atoms with Gasteiger partial charge in [-0.2, -0.15) is 4.98 Å². The first kappa shape index (κ1) is 16.0. The highest BCUT2D eigenvalue weighted by molar-refractivity contribution is 7.14. The quantitative estimate of drug-likeness (QED) is 0.718. The molecule has 3 aromatic rings. The molecule has 3 heterocycles. The van der Waals surface area contributed by atoms with E-state index in [1.807, 2.05) is 5.38 Å². The third-order valence-corrected chi connectivity index (χ3v) is 5.17. The molecular formula is C16H17N5O3S.